The standard InChI is InChI=1S/C13H21N3O/c1-9-5-11(13(14)16-7-9)12(15-2)6-10-3-4-17-8-10/h5,7,10,12,15H,3-4,6,8H2,1-2H3,(H2,14,16). The van der Waals surface area contributed by atoms with Gasteiger partial charge < -0.3 is 15.8 Å². The SMILES string of the molecule is CNC(CC1CCOC1)c1cc(C)cnc1N. The number of nitrogens with two attached hydrogens (primary N) is 1. The third-order valence-electron chi connectivity index (χ3n) is 3.40. The van der Waals surface area contributed by atoms with Gasteiger partial charge in [0.2, 0.25) is 0 Å². The van der Waals surface area contributed by atoms with Gasteiger partial charge >= 0.3 is 0 Å². The zero-order valence-electron chi connectivity index (χ0n) is 10.6. The second-order valence-corrected chi connectivity index (χ2v) is 4.79. The summed E-state index contributed by atoms with van der Waals surface area (Å²) in [7, 11) is 1.97. The number of aryl methyl sites for hydroxylation is 1. The lowest BCUT2D eigenvalue weighted by Gasteiger charge is -2.21. The van der Waals surface area contributed by atoms with Crippen molar-refractivity contribution in [1.29, 1.82) is 0 Å². The van der Waals surface area contributed by atoms with Gasteiger partial charge in [0.05, 0.1) is 0 Å². The van der Waals surface area contributed by atoms with Crippen LogP contribution in [0.2, 0.25) is 0 Å². The third-order valence-corrected chi connectivity index (χ3v) is 3.40. The molecular formula is C13H21N3O. The van der Waals surface area contributed by atoms with Gasteiger partial charge in [-0.05, 0) is 44.4 Å². The van der Waals surface area contributed by atoms with Gasteiger partial charge in [0.25, 0.3) is 0 Å². The van der Waals surface area contributed by atoms with Gasteiger partial charge in [-0.15, -0.1) is 0 Å². The highest BCUT2D eigenvalue weighted by Crippen LogP contribution is 2.28. The number of pyridine rings is 1. The molecule has 1 aliphatic heterocycles. The van der Waals surface area contributed by atoms with E-state index < -0.39 is 0 Å². The van der Waals surface area contributed by atoms with E-state index in [9.17, 15) is 0 Å². The van der Waals surface area contributed by atoms with Crippen molar-refractivity contribution in [2.45, 2.75) is 25.8 Å². The molecule has 0 saturated carbocycles. The largest absolute Gasteiger partial charge is 0.383 e. The minimum Gasteiger partial charge on any atom is -0.383 e. The maximum absolute atomic E-state index is 5.96. The van der Waals surface area contributed by atoms with Crippen LogP contribution in [-0.4, -0.2) is 25.2 Å². The van der Waals surface area contributed by atoms with Gasteiger partial charge in [0.15, 0.2) is 0 Å². The summed E-state index contributed by atoms with van der Waals surface area (Å²) >= 11 is 0. The second-order valence-electron chi connectivity index (χ2n) is 4.79. The predicted octanol–water partition coefficient (Wildman–Crippen LogP) is 1.66. The molecule has 1 aromatic rings. The molecule has 0 amide bonds. The Morgan fingerprint density at radius 2 is 2.47 bits per heavy atom. The van der Waals surface area contributed by atoms with Crippen molar-refractivity contribution in [3.63, 3.8) is 0 Å². The minimum atomic E-state index is 0.272. The molecule has 1 aliphatic rings. The molecule has 1 saturated heterocycles. The van der Waals surface area contributed by atoms with Crippen LogP contribution in [0.15, 0.2) is 12.3 Å². The average Bonchev–Trinajstić information content (AvgIpc) is 2.82. The van der Waals surface area contributed by atoms with Crippen molar-refractivity contribution in [3.8, 4) is 0 Å². The van der Waals surface area contributed by atoms with Crippen LogP contribution in [-0.2, 0) is 4.74 Å². The van der Waals surface area contributed by atoms with Gasteiger partial charge in [0.1, 0.15) is 5.82 Å². The summed E-state index contributed by atoms with van der Waals surface area (Å²) in [4.78, 5) is 4.23. The molecule has 3 N–H and O–H groups in total. The van der Waals surface area contributed by atoms with E-state index >= 15 is 0 Å². The lowest BCUT2D eigenvalue weighted by Crippen LogP contribution is -2.21. The van der Waals surface area contributed by atoms with Crippen molar-refractivity contribution in [1.82, 2.24) is 10.3 Å². The Morgan fingerprint density at radius 1 is 1.65 bits per heavy atom. The van der Waals surface area contributed by atoms with Crippen LogP contribution in [0, 0.1) is 12.8 Å². The average molecular weight is 235 g/mol. The van der Waals surface area contributed by atoms with Crippen molar-refractivity contribution in [2.24, 2.45) is 5.92 Å². The molecule has 0 spiro atoms. The van der Waals surface area contributed by atoms with Gasteiger partial charge in [-0.3, -0.25) is 0 Å². The Hall–Kier alpha value is -1.13. The first-order valence-corrected chi connectivity index (χ1v) is 6.17. The Bertz CT molecular complexity index is 375. The Balaban J connectivity index is 2.13. The van der Waals surface area contributed by atoms with Crippen molar-refractivity contribution < 1.29 is 4.74 Å². The van der Waals surface area contributed by atoms with Gasteiger partial charge in [-0.25, -0.2) is 4.98 Å². The highest BCUT2D eigenvalue weighted by Gasteiger charge is 2.22. The summed E-state index contributed by atoms with van der Waals surface area (Å²) in [6.07, 6.45) is 4.02. The molecule has 0 aliphatic carbocycles. The molecule has 2 rings (SSSR count). The number of nitrogens with one attached hydrogen (secondary N) is 1. The second kappa shape index (κ2) is 5.47. The molecular weight excluding hydrogens is 214 g/mol. The zero-order chi connectivity index (χ0) is 12.3. The van der Waals surface area contributed by atoms with Crippen LogP contribution in [0.1, 0.15) is 30.0 Å². The summed E-state index contributed by atoms with van der Waals surface area (Å²) in [5.41, 5.74) is 8.22. The van der Waals surface area contributed by atoms with Crippen LogP contribution < -0.4 is 11.1 Å². The van der Waals surface area contributed by atoms with E-state index in [0.717, 1.165) is 37.2 Å². The molecule has 1 aromatic heterocycles. The molecule has 0 aromatic carbocycles. The summed E-state index contributed by atoms with van der Waals surface area (Å²) < 4.78 is 5.42. The first-order chi connectivity index (χ1) is 8.20. The fraction of sp³-hybridized carbons (Fsp3) is 0.615. The van der Waals surface area contributed by atoms with E-state index in [1.807, 2.05) is 20.2 Å². The van der Waals surface area contributed by atoms with E-state index in [-0.39, 0.29) is 6.04 Å². The van der Waals surface area contributed by atoms with E-state index in [1.54, 1.807) is 0 Å². The summed E-state index contributed by atoms with van der Waals surface area (Å²) in [5.74, 6) is 1.27. The predicted molar refractivity (Wildman–Crippen MR) is 68.7 cm³/mol. The molecule has 2 atom stereocenters. The summed E-state index contributed by atoms with van der Waals surface area (Å²) in [6.45, 7) is 3.81. The maximum Gasteiger partial charge on any atom is 0.128 e. The van der Waals surface area contributed by atoms with E-state index in [1.165, 1.54) is 0 Å². The monoisotopic (exact) mass is 235 g/mol. The number of nitrogen functional groups attached to an aromatic ring is 1. The summed E-state index contributed by atoms with van der Waals surface area (Å²) in [5, 5.41) is 3.34. The number of ether oxygens (including phenoxy) is 1. The number of anilines is 1. The van der Waals surface area contributed by atoms with Gasteiger partial charge in [-0.1, -0.05) is 0 Å². The number of aromatic nitrogens is 1. The number of hydrogen-bond acceptors (Lipinski definition) is 4. The van der Waals surface area contributed by atoms with E-state index in [2.05, 4.69) is 16.4 Å². The third kappa shape index (κ3) is 2.96. The smallest absolute Gasteiger partial charge is 0.128 e. The van der Waals surface area contributed by atoms with Crippen molar-refractivity contribution in [3.05, 3.63) is 23.4 Å². The molecule has 17 heavy (non-hydrogen) atoms. The normalized spacial score (nSPS) is 21.6. The Morgan fingerprint density at radius 3 is 3.12 bits per heavy atom. The topological polar surface area (TPSA) is 60.2 Å². The van der Waals surface area contributed by atoms with E-state index in [4.69, 9.17) is 10.5 Å². The molecule has 2 unspecified atom stereocenters. The number of nitrogens with zero attached hydrogens (tertiary/aromatic N) is 1. The lowest BCUT2D eigenvalue weighted by atomic mass is 9.94. The van der Waals surface area contributed by atoms with Crippen LogP contribution in [0.4, 0.5) is 5.82 Å². The Labute approximate surface area is 103 Å². The zero-order valence-corrected chi connectivity index (χ0v) is 10.6. The highest BCUT2D eigenvalue weighted by molar-refractivity contribution is 5.43. The number of rotatable bonds is 4. The molecule has 0 radical (unpaired) electrons. The quantitative estimate of drug-likeness (QED) is 0.833. The lowest BCUT2D eigenvalue weighted by molar-refractivity contribution is 0.181. The first-order valence-electron chi connectivity index (χ1n) is 6.17. The van der Waals surface area contributed by atoms with Crippen LogP contribution in [0.5, 0.6) is 0 Å². The van der Waals surface area contributed by atoms with Crippen molar-refractivity contribution in [2.75, 3.05) is 26.0 Å². The maximum atomic E-state index is 5.96. The van der Waals surface area contributed by atoms with Gasteiger partial charge in [-0.2, -0.15) is 0 Å². The van der Waals surface area contributed by atoms with Gasteiger partial charge in [0, 0.05) is 31.0 Å². The fourth-order valence-electron chi connectivity index (χ4n) is 2.38. The van der Waals surface area contributed by atoms with Crippen molar-refractivity contribution >= 4 is 5.82 Å². The molecule has 0 bridgehead atoms. The molecule has 4 nitrogen and oxygen atoms in total. The highest BCUT2D eigenvalue weighted by atomic mass is 16.5. The molecule has 2 heterocycles. The number of hydrogen-bond donors (Lipinski definition) is 2. The molecule has 94 valence electrons. The van der Waals surface area contributed by atoms with Crippen LogP contribution in [0.25, 0.3) is 0 Å². The summed E-state index contributed by atoms with van der Waals surface area (Å²) in [6, 6.07) is 2.40. The first kappa shape index (κ1) is 12.3. The fourth-order valence-corrected chi connectivity index (χ4v) is 2.38. The molecule has 4 heteroatoms. The van der Waals surface area contributed by atoms with E-state index in [0.29, 0.717) is 11.7 Å². The Kier molecular flexibility index (Phi) is 3.97. The molecule has 1 fully saturated rings. The van der Waals surface area contributed by atoms with Crippen LogP contribution in [0.3, 0.4) is 0 Å². The van der Waals surface area contributed by atoms with Crippen LogP contribution >= 0.6 is 0 Å². The minimum absolute atomic E-state index is 0.272.